The minimum atomic E-state index is -2.79. The average molecular weight is 413 g/mol. The van der Waals surface area contributed by atoms with Crippen molar-refractivity contribution in [3.8, 4) is 11.6 Å². The number of aromatic carboxylic acids is 1. The number of imidazole rings is 1. The Bertz CT molecular complexity index is 1150. The van der Waals surface area contributed by atoms with E-state index in [1.807, 2.05) is 0 Å². The molecule has 7 nitrogen and oxygen atoms in total. The minimum Gasteiger partial charge on any atom is -0.478 e. The number of nitrogens with zero attached hydrogens (tertiary/aromatic N) is 3. The fraction of sp³-hybridized carbons (Fsp3) is 0.278. The molecule has 0 saturated carbocycles. The van der Waals surface area contributed by atoms with Crippen LogP contribution < -0.4 is 10.4 Å². The summed E-state index contributed by atoms with van der Waals surface area (Å²) >= 11 is 0. The Hall–Kier alpha value is -3.37. The summed E-state index contributed by atoms with van der Waals surface area (Å²) in [4.78, 5) is 27.8. The Morgan fingerprint density at radius 2 is 1.86 bits per heavy atom. The number of ether oxygens (including phenoxy) is 1. The fourth-order valence-corrected chi connectivity index (χ4v) is 2.94. The van der Waals surface area contributed by atoms with Crippen molar-refractivity contribution in [3.05, 3.63) is 52.1 Å². The summed E-state index contributed by atoms with van der Waals surface area (Å²) in [5.41, 5.74) is -1.87. The monoisotopic (exact) mass is 413 g/mol. The highest BCUT2D eigenvalue weighted by atomic mass is 19.3. The molecule has 0 bridgehead atoms. The summed E-state index contributed by atoms with van der Waals surface area (Å²) in [7, 11) is 0. The molecule has 2 aromatic heterocycles. The SMILES string of the molecule is CC(C)n1c(=O)n(-c2cc(OCC(F)F)ncc2F)c2cc(F)c(C(=O)O)cc21. The largest absolute Gasteiger partial charge is 0.478 e. The molecule has 0 aliphatic rings. The number of hydrogen-bond donors (Lipinski definition) is 1. The molecule has 1 aromatic carbocycles. The van der Waals surface area contributed by atoms with Gasteiger partial charge >= 0.3 is 11.7 Å². The zero-order valence-electron chi connectivity index (χ0n) is 15.2. The number of pyridine rings is 1. The van der Waals surface area contributed by atoms with Crippen LogP contribution in [-0.2, 0) is 0 Å². The van der Waals surface area contributed by atoms with E-state index < -0.39 is 53.6 Å². The van der Waals surface area contributed by atoms with Crippen LogP contribution in [0.2, 0.25) is 0 Å². The van der Waals surface area contributed by atoms with E-state index in [2.05, 4.69) is 4.98 Å². The van der Waals surface area contributed by atoms with Crippen LogP contribution >= 0.6 is 0 Å². The molecule has 0 aliphatic heterocycles. The van der Waals surface area contributed by atoms with Gasteiger partial charge < -0.3 is 9.84 Å². The van der Waals surface area contributed by atoms with Crippen LogP contribution in [0.3, 0.4) is 0 Å². The van der Waals surface area contributed by atoms with Crippen molar-refractivity contribution >= 4 is 17.0 Å². The number of carboxylic acids is 1. The highest BCUT2D eigenvalue weighted by Crippen LogP contribution is 2.26. The molecule has 3 aromatic rings. The molecule has 0 amide bonds. The topological polar surface area (TPSA) is 86.4 Å². The molecule has 0 spiro atoms. The zero-order valence-corrected chi connectivity index (χ0v) is 15.2. The number of hydrogen-bond acceptors (Lipinski definition) is 4. The molecule has 0 atom stereocenters. The molecule has 0 fully saturated rings. The first-order valence-electron chi connectivity index (χ1n) is 8.38. The Labute approximate surface area is 160 Å². The summed E-state index contributed by atoms with van der Waals surface area (Å²) in [5.74, 6) is -4.00. The number of rotatable bonds is 6. The number of aromatic nitrogens is 3. The van der Waals surface area contributed by atoms with Gasteiger partial charge in [-0.25, -0.2) is 32.1 Å². The Morgan fingerprint density at radius 1 is 1.17 bits per heavy atom. The molecule has 2 heterocycles. The van der Waals surface area contributed by atoms with Gasteiger partial charge in [-0.3, -0.25) is 9.13 Å². The van der Waals surface area contributed by atoms with Crippen molar-refractivity contribution in [3.63, 3.8) is 0 Å². The van der Waals surface area contributed by atoms with E-state index in [0.717, 1.165) is 22.8 Å². The summed E-state index contributed by atoms with van der Waals surface area (Å²) in [6, 6.07) is 2.25. The summed E-state index contributed by atoms with van der Waals surface area (Å²) in [6.07, 6.45) is -2.11. The quantitative estimate of drug-likeness (QED) is 0.626. The molecule has 1 N–H and O–H groups in total. The fourth-order valence-electron chi connectivity index (χ4n) is 2.94. The van der Waals surface area contributed by atoms with E-state index in [0.29, 0.717) is 6.20 Å². The van der Waals surface area contributed by atoms with E-state index in [-0.39, 0.29) is 16.9 Å². The van der Waals surface area contributed by atoms with Crippen molar-refractivity contribution < 1.29 is 32.2 Å². The minimum absolute atomic E-state index is 0.0649. The van der Waals surface area contributed by atoms with Crippen molar-refractivity contribution in [1.82, 2.24) is 14.1 Å². The molecule has 154 valence electrons. The van der Waals surface area contributed by atoms with Crippen molar-refractivity contribution in [2.45, 2.75) is 26.3 Å². The number of carbonyl (C=O) groups is 1. The van der Waals surface area contributed by atoms with Gasteiger partial charge in [0.1, 0.15) is 5.82 Å². The Morgan fingerprint density at radius 3 is 2.45 bits per heavy atom. The van der Waals surface area contributed by atoms with E-state index in [9.17, 15) is 27.2 Å². The first kappa shape index (κ1) is 20.4. The highest BCUT2D eigenvalue weighted by Gasteiger charge is 2.23. The van der Waals surface area contributed by atoms with Crippen LogP contribution in [0.1, 0.15) is 30.2 Å². The molecule has 0 aliphatic carbocycles. The summed E-state index contributed by atoms with van der Waals surface area (Å²) in [5, 5.41) is 9.15. The van der Waals surface area contributed by atoms with Crippen LogP contribution in [0.15, 0.2) is 29.2 Å². The van der Waals surface area contributed by atoms with Crippen LogP contribution in [0.4, 0.5) is 17.6 Å². The van der Waals surface area contributed by atoms with Gasteiger partial charge in [0.15, 0.2) is 12.4 Å². The Kier molecular flexibility index (Phi) is 5.31. The van der Waals surface area contributed by atoms with Gasteiger partial charge in [-0.05, 0) is 19.9 Å². The van der Waals surface area contributed by atoms with Crippen LogP contribution in [0.25, 0.3) is 16.7 Å². The molecular weight excluding hydrogens is 398 g/mol. The van der Waals surface area contributed by atoms with E-state index >= 15 is 0 Å². The van der Waals surface area contributed by atoms with E-state index in [1.165, 1.54) is 4.57 Å². The summed E-state index contributed by atoms with van der Waals surface area (Å²) < 4.78 is 60.2. The number of carboxylic acid groups (broad SMARTS) is 1. The lowest BCUT2D eigenvalue weighted by Crippen LogP contribution is -2.25. The molecule has 0 radical (unpaired) electrons. The smallest absolute Gasteiger partial charge is 0.338 e. The first-order valence-corrected chi connectivity index (χ1v) is 8.38. The lowest BCUT2D eigenvalue weighted by Gasteiger charge is -2.09. The van der Waals surface area contributed by atoms with Crippen LogP contribution in [0, 0.1) is 11.6 Å². The Balaban J connectivity index is 2.32. The highest BCUT2D eigenvalue weighted by molar-refractivity contribution is 5.93. The molecule has 0 saturated heterocycles. The standard InChI is InChI=1S/C18H15F4N3O4/c1-8(2)24-13-3-9(17(26)27)10(19)4-14(13)25(18(24)28)12-5-16(23-6-11(12)20)29-7-15(21)22/h3-6,8,15H,7H2,1-2H3,(H,26,27). The lowest BCUT2D eigenvalue weighted by molar-refractivity contribution is 0.0692. The second-order valence-electron chi connectivity index (χ2n) is 6.38. The lowest BCUT2D eigenvalue weighted by atomic mass is 10.1. The van der Waals surface area contributed by atoms with Gasteiger partial charge in [0.05, 0.1) is 28.5 Å². The van der Waals surface area contributed by atoms with Crippen molar-refractivity contribution in [2.24, 2.45) is 0 Å². The number of alkyl halides is 2. The second kappa shape index (κ2) is 7.57. The van der Waals surface area contributed by atoms with Gasteiger partial charge in [0.2, 0.25) is 5.88 Å². The predicted octanol–water partition coefficient (Wildman–Crippen LogP) is 3.39. The van der Waals surface area contributed by atoms with Gasteiger partial charge in [0, 0.05) is 18.2 Å². The molecule has 3 rings (SSSR count). The molecule has 0 unspecified atom stereocenters. The van der Waals surface area contributed by atoms with Crippen LogP contribution in [-0.4, -0.2) is 38.2 Å². The van der Waals surface area contributed by atoms with E-state index in [1.54, 1.807) is 13.8 Å². The van der Waals surface area contributed by atoms with Gasteiger partial charge in [-0.15, -0.1) is 0 Å². The van der Waals surface area contributed by atoms with Crippen LogP contribution in [0.5, 0.6) is 5.88 Å². The summed E-state index contributed by atoms with van der Waals surface area (Å²) in [6.45, 7) is 2.28. The molecular formula is C18H15F4N3O4. The second-order valence-corrected chi connectivity index (χ2v) is 6.38. The third-order valence-corrected chi connectivity index (χ3v) is 4.12. The van der Waals surface area contributed by atoms with Crippen molar-refractivity contribution in [2.75, 3.05) is 6.61 Å². The number of benzene rings is 1. The third kappa shape index (κ3) is 3.67. The van der Waals surface area contributed by atoms with Crippen molar-refractivity contribution in [1.29, 1.82) is 0 Å². The number of halogens is 4. The average Bonchev–Trinajstić information content (AvgIpc) is 2.91. The maximum absolute atomic E-state index is 14.5. The first-order chi connectivity index (χ1) is 13.6. The normalized spacial score (nSPS) is 11.6. The van der Waals surface area contributed by atoms with E-state index in [4.69, 9.17) is 9.84 Å². The zero-order chi connectivity index (χ0) is 21.5. The predicted molar refractivity (Wildman–Crippen MR) is 94.1 cm³/mol. The van der Waals surface area contributed by atoms with Gasteiger partial charge in [0.25, 0.3) is 6.43 Å². The maximum Gasteiger partial charge on any atom is 0.338 e. The van der Waals surface area contributed by atoms with Gasteiger partial charge in [-0.2, -0.15) is 0 Å². The molecule has 11 heteroatoms. The maximum atomic E-state index is 14.5. The van der Waals surface area contributed by atoms with Gasteiger partial charge in [-0.1, -0.05) is 0 Å². The molecule has 29 heavy (non-hydrogen) atoms. The third-order valence-electron chi connectivity index (χ3n) is 4.12. The number of fused-ring (bicyclic) bond motifs is 1.